The van der Waals surface area contributed by atoms with Gasteiger partial charge in [-0.05, 0) is 48.2 Å². The summed E-state index contributed by atoms with van der Waals surface area (Å²) < 4.78 is 5.64. The zero-order chi connectivity index (χ0) is 23.0. The van der Waals surface area contributed by atoms with Gasteiger partial charge in [-0.15, -0.1) is 0 Å². The summed E-state index contributed by atoms with van der Waals surface area (Å²) in [5.74, 6) is 0.517. The molecule has 3 aromatic rings. The van der Waals surface area contributed by atoms with Crippen LogP contribution in [0.3, 0.4) is 0 Å². The topological polar surface area (TPSA) is 82.4 Å². The number of nitrogens with one attached hydrogen (secondary N) is 1. The Morgan fingerprint density at radius 2 is 1.79 bits per heavy atom. The minimum atomic E-state index is -0.137. The fourth-order valence-corrected chi connectivity index (χ4v) is 4.18. The third-order valence-corrected chi connectivity index (χ3v) is 5.98. The van der Waals surface area contributed by atoms with Crippen LogP contribution in [0.2, 0.25) is 0 Å². The highest BCUT2D eigenvalue weighted by Gasteiger charge is 2.28. The van der Waals surface area contributed by atoms with Gasteiger partial charge in [-0.1, -0.05) is 42.5 Å². The van der Waals surface area contributed by atoms with Crippen LogP contribution < -0.4 is 10.1 Å². The lowest BCUT2D eigenvalue weighted by Crippen LogP contribution is -2.41. The molecule has 0 radical (unpaired) electrons. The number of anilines is 1. The fraction of sp³-hybridized carbons (Fsp3) is 0.296. The molecule has 0 spiro atoms. The van der Waals surface area contributed by atoms with Crippen molar-refractivity contribution >= 4 is 28.3 Å². The van der Waals surface area contributed by atoms with Gasteiger partial charge in [-0.2, -0.15) is 5.26 Å². The molecule has 0 aliphatic carbocycles. The number of hydrogen-bond acceptors (Lipinski definition) is 4. The van der Waals surface area contributed by atoms with Crippen LogP contribution in [0.15, 0.2) is 66.7 Å². The summed E-state index contributed by atoms with van der Waals surface area (Å²) >= 11 is 0. The molecule has 1 aliphatic heterocycles. The first-order chi connectivity index (χ1) is 16.2. The normalized spacial score (nSPS) is 14.0. The molecule has 33 heavy (non-hydrogen) atoms. The minimum Gasteiger partial charge on any atom is -0.493 e. The second kappa shape index (κ2) is 10.6. The molecule has 0 saturated carbocycles. The standard InChI is InChI=1S/C27H27N3O3/c28-15-3-4-18-33-23-10-6-9-22(19-23)29-26(31)21-13-16-30(17-14-21)27(32)25-12-5-8-20-7-1-2-11-24(20)25/h1-2,5-12,19,21H,3-4,13-14,16-18H2,(H,29,31). The van der Waals surface area contributed by atoms with Gasteiger partial charge < -0.3 is 15.0 Å². The Kier molecular flexibility index (Phi) is 7.21. The van der Waals surface area contributed by atoms with Gasteiger partial charge in [0.25, 0.3) is 5.91 Å². The van der Waals surface area contributed by atoms with Gasteiger partial charge in [-0.3, -0.25) is 9.59 Å². The maximum Gasteiger partial charge on any atom is 0.254 e. The molecular weight excluding hydrogens is 414 g/mol. The highest BCUT2D eigenvalue weighted by Crippen LogP contribution is 2.25. The monoisotopic (exact) mass is 441 g/mol. The molecule has 0 bridgehead atoms. The first-order valence-corrected chi connectivity index (χ1v) is 11.3. The largest absolute Gasteiger partial charge is 0.493 e. The summed E-state index contributed by atoms with van der Waals surface area (Å²) in [5.41, 5.74) is 1.40. The van der Waals surface area contributed by atoms with E-state index in [9.17, 15) is 9.59 Å². The SMILES string of the molecule is N#CCCCOc1cccc(NC(=O)C2CCN(C(=O)c3cccc4ccccc34)CC2)c1. The van der Waals surface area contributed by atoms with E-state index in [1.54, 1.807) is 6.07 Å². The third-order valence-electron chi connectivity index (χ3n) is 5.98. The molecule has 1 N–H and O–H groups in total. The van der Waals surface area contributed by atoms with Gasteiger partial charge in [0.1, 0.15) is 5.75 Å². The third kappa shape index (κ3) is 5.50. The number of carbonyl (C=O) groups excluding carboxylic acids is 2. The fourth-order valence-electron chi connectivity index (χ4n) is 4.18. The van der Waals surface area contributed by atoms with E-state index in [0.29, 0.717) is 62.4 Å². The van der Waals surface area contributed by atoms with Crippen molar-refractivity contribution in [3.63, 3.8) is 0 Å². The molecule has 1 aliphatic rings. The molecule has 6 heteroatoms. The van der Waals surface area contributed by atoms with E-state index in [1.807, 2.05) is 65.6 Å². The van der Waals surface area contributed by atoms with Crippen LogP contribution in [0.25, 0.3) is 10.8 Å². The number of piperidine rings is 1. The maximum atomic E-state index is 13.1. The summed E-state index contributed by atoms with van der Waals surface area (Å²) in [6, 6.07) is 23.1. The van der Waals surface area contributed by atoms with E-state index in [2.05, 4.69) is 11.4 Å². The summed E-state index contributed by atoms with van der Waals surface area (Å²) in [6.45, 7) is 1.58. The Morgan fingerprint density at radius 1 is 1.03 bits per heavy atom. The van der Waals surface area contributed by atoms with Crippen LogP contribution in [0.4, 0.5) is 5.69 Å². The molecule has 6 nitrogen and oxygen atoms in total. The van der Waals surface area contributed by atoms with Gasteiger partial charge in [0, 0.05) is 42.7 Å². The van der Waals surface area contributed by atoms with Gasteiger partial charge in [0.05, 0.1) is 12.7 Å². The van der Waals surface area contributed by atoms with Crippen LogP contribution in [-0.4, -0.2) is 36.4 Å². The lowest BCUT2D eigenvalue weighted by atomic mass is 9.94. The highest BCUT2D eigenvalue weighted by atomic mass is 16.5. The number of benzene rings is 3. The van der Waals surface area contributed by atoms with E-state index in [4.69, 9.17) is 10.00 Å². The predicted octanol–water partition coefficient (Wildman–Crippen LogP) is 5.01. The maximum absolute atomic E-state index is 13.1. The Labute approximate surface area is 193 Å². The van der Waals surface area contributed by atoms with E-state index in [0.717, 1.165) is 10.8 Å². The molecule has 1 fully saturated rings. The molecule has 0 unspecified atom stereocenters. The zero-order valence-electron chi connectivity index (χ0n) is 18.5. The van der Waals surface area contributed by atoms with Crippen molar-refractivity contribution in [2.45, 2.75) is 25.7 Å². The van der Waals surface area contributed by atoms with Crippen LogP contribution in [0.5, 0.6) is 5.75 Å². The second-order valence-electron chi connectivity index (χ2n) is 8.22. The summed E-state index contributed by atoms with van der Waals surface area (Å²) in [5, 5.41) is 13.6. The van der Waals surface area contributed by atoms with E-state index < -0.39 is 0 Å². The molecule has 4 rings (SSSR count). The first-order valence-electron chi connectivity index (χ1n) is 11.3. The lowest BCUT2D eigenvalue weighted by Gasteiger charge is -2.31. The highest BCUT2D eigenvalue weighted by molar-refractivity contribution is 6.07. The van der Waals surface area contributed by atoms with Gasteiger partial charge in [-0.25, -0.2) is 0 Å². The predicted molar refractivity (Wildman–Crippen MR) is 128 cm³/mol. The van der Waals surface area contributed by atoms with Crippen molar-refractivity contribution in [1.82, 2.24) is 4.90 Å². The number of unbranched alkanes of at least 4 members (excludes halogenated alkanes) is 1. The molecule has 2 amide bonds. The molecule has 0 atom stereocenters. The smallest absolute Gasteiger partial charge is 0.254 e. The van der Waals surface area contributed by atoms with Crippen molar-refractivity contribution in [2.24, 2.45) is 5.92 Å². The number of hydrogen-bond donors (Lipinski definition) is 1. The second-order valence-corrected chi connectivity index (χ2v) is 8.22. The van der Waals surface area contributed by atoms with Crippen LogP contribution in [0, 0.1) is 17.2 Å². The Balaban J connectivity index is 1.32. The molecule has 3 aromatic carbocycles. The number of ether oxygens (including phenoxy) is 1. The number of carbonyl (C=O) groups is 2. The summed E-state index contributed by atoms with van der Waals surface area (Å²) in [4.78, 5) is 27.8. The number of nitriles is 1. The average Bonchev–Trinajstić information content (AvgIpc) is 2.86. The average molecular weight is 442 g/mol. The van der Waals surface area contributed by atoms with Crippen molar-refractivity contribution in [1.29, 1.82) is 5.26 Å². The van der Waals surface area contributed by atoms with Crippen LogP contribution in [-0.2, 0) is 4.79 Å². The Morgan fingerprint density at radius 3 is 2.61 bits per heavy atom. The quantitative estimate of drug-likeness (QED) is 0.522. The van der Waals surface area contributed by atoms with E-state index in [1.165, 1.54) is 0 Å². The molecular formula is C27H27N3O3. The van der Waals surface area contributed by atoms with Crippen molar-refractivity contribution < 1.29 is 14.3 Å². The van der Waals surface area contributed by atoms with Gasteiger partial charge >= 0.3 is 0 Å². The Bertz CT molecular complexity index is 1170. The van der Waals surface area contributed by atoms with Crippen molar-refractivity contribution in [3.8, 4) is 11.8 Å². The van der Waals surface area contributed by atoms with E-state index in [-0.39, 0.29) is 17.7 Å². The van der Waals surface area contributed by atoms with Crippen LogP contribution in [0.1, 0.15) is 36.0 Å². The molecule has 1 heterocycles. The number of fused-ring (bicyclic) bond motifs is 1. The van der Waals surface area contributed by atoms with Crippen molar-refractivity contribution in [3.05, 3.63) is 72.3 Å². The Hall–Kier alpha value is -3.85. The number of amides is 2. The molecule has 1 saturated heterocycles. The summed E-state index contributed by atoms with van der Waals surface area (Å²) in [6.07, 6.45) is 2.39. The minimum absolute atomic E-state index is 0.0203. The number of likely N-dealkylation sites (tertiary alicyclic amines) is 1. The number of rotatable bonds is 7. The lowest BCUT2D eigenvalue weighted by molar-refractivity contribution is -0.121. The zero-order valence-corrected chi connectivity index (χ0v) is 18.5. The first kappa shape index (κ1) is 22.3. The number of nitrogens with zero attached hydrogens (tertiary/aromatic N) is 2. The van der Waals surface area contributed by atoms with Gasteiger partial charge in [0.2, 0.25) is 5.91 Å². The molecule has 168 valence electrons. The van der Waals surface area contributed by atoms with Crippen LogP contribution >= 0.6 is 0 Å². The van der Waals surface area contributed by atoms with E-state index >= 15 is 0 Å². The van der Waals surface area contributed by atoms with Gasteiger partial charge in [0.15, 0.2) is 0 Å². The van der Waals surface area contributed by atoms with Crippen molar-refractivity contribution in [2.75, 3.05) is 25.0 Å². The molecule has 0 aromatic heterocycles. The summed E-state index contributed by atoms with van der Waals surface area (Å²) in [7, 11) is 0.